The molecule has 0 saturated carbocycles. The normalized spacial score (nSPS) is 33.0. The largest absolute Gasteiger partial charge is 0.440 e. The summed E-state index contributed by atoms with van der Waals surface area (Å²) in [5.41, 5.74) is 0. The maximum Gasteiger partial charge on any atom is 0.440 e. The van der Waals surface area contributed by atoms with Crippen LogP contribution in [0.1, 0.15) is 6.92 Å². The van der Waals surface area contributed by atoms with E-state index in [-0.39, 0.29) is 17.6 Å². The molecule has 0 amide bonds. The molecule has 1 saturated heterocycles. The molecule has 0 aliphatic carbocycles. The molecule has 0 spiro atoms. The van der Waals surface area contributed by atoms with Crippen LogP contribution in [0.5, 0.6) is 0 Å². The zero-order chi connectivity index (χ0) is 7.78. The molecular weight excluding hydrogens is 172 g/mol. The van der Waals surface area contributed by atoms with Gasteiger partial charge in [0.05, 0.1) is 11.5 Å². The standard InChI is InChI=1S/C5H11F2NSSi/c1-2-8-4-10(6,7)3-5(8)9/h5,9H,2-4H2,1H3. The summed E-state index contributed by atoms with van der Waals surface area (Å²) in [6, 6.07) is 0.0317. The van der Waals surface area contributed by atoms with E-state index in [0.717, 1.165) is 0 Å². The topological polar surface area (TPSA) is 3.24 Å². The summed E-state index contributed by atoms with van der Waals surface area (Å²) in [4.78, 5) is 1.73. The third kappa shape index (κ3) is 1.70. The summed E-state index contributed by atoms with van der Waals surface area (Å²) in [6.07, 6.45) is 0.0116. The molecular formula is C5H11F2NSSi. The van der Waals surface area contributed by atoms with Crippen molar-refractivity contribution in [1.82, 2.24) is 4.90 Å². The Kier molecular flexibility index (Phi) is 2.37. The van der Waals surface area contributed by atoms with E-state index in [9.17, 15) is 8.22 Å². The van der Waals surface area contributed by atoms with E-state index in [4.69, 9.17) is 0 Å². The number of rotatable bonds is 1. The summed E-state index contributed by atoms with van der Waals surface area (Å²) in [6.45, 7) is 2.58. The van der Waals surface area contributed by atoms with Gasteiger partial charge in [0, 0.05) is 6.04 Å². The van der Waals surface area contributed by atoms with Gasteiger partial charge in [-0.1, -0.05) is 6.92 Å². The van der Waals surface area contributed by atoms with E-state index in [1.165, 1.54) is 0 Å². The molecule has 1 atom stereocenters. The third-order valence-electron chi connectivity index (χ3n) is 1.74. The summed E-state index contributed by atoms with van der Waals surface area (Å²) in [7, 11) is -3.84. The van der Waals surface area contributed by atoms with Crippen molar-refractivity contribution in [3.63, 3.8) is 0 Å². The number of hydrogen-bond donors (Lipinski definition) is 1. The van der Waals surface area contributed by atoms with E-state index in [2.05, 4.69) is 12.6 Å². The molecule has 1 aliphatic rings. The van der Waals surface area contributed by atoms with Gasteiger partial charge in [0.25, 0.3) is 0 Å². The maximum atomic E-state index is 12.7. The van der Waals surface area contributed by atoms with Crippen LogP contribution in [-0.2, 0) is 0 Å². The fourth-order valence-corrected chi connectivity index (χ4v) is 4.35. The Morgan fingerprint density at radius 2 is 2.30 bits per heavy atom. The highest BCUT2D eigenvalue weighted by Crippen LogP contribution is 2.30. The van der Waals surface area contributed by atoms with Gasteiger partial charge in [0.1, 0.15) is 0 Å². The van der Waals surface area contributed by atoms with Gasteiger partial charge in [-0.2, -0.15) is 12.6 Å². The van der Waals surface area contributed by atoms with Crippen LogP contribution in [0.2, 0.25) is 6.04 Å². The van der Waals surface area contributed by atoms with E-state index in [1.807, 2.05) is 6.92 Å². The summed E-state index contributed by atoms with van der Waals surface area (Å²) in [5, 5.41) is -0.188. The van der Waals surface area contributed by atoms with Crippen LogP contribution in [-0.4, -0.2) is 31.7 Å². The second kappa shape index (κ2) is 2.79. The van der Waals surface area contributed by atoms with Crippen LogP contribution >= 0.6 is 12.6 Å². The number of halogens is 2. The smallest absolute Gasteiger partial charge is 0.290 e. The average molecular weight is 183 g/mol. The average Bonchev–Trinajstić information content (AvgIpc) is 2.05. The number of thiol groups is 1. The number of nitrogens with zero attached hydrogens (tertiary/aromatic N) is 1. The summed E-state index contributed by atoms with van der Waals surface area (Å²) in [5.74, 6) is 0. The first-order valence-corrected chi connectivity index (χ1v) is 6.04. The maximum absolute atomic E-state index is 12.7. The zero-order valence-corrected chi connectivity index (χ0v) is 7.74. The zero-order valence-electron chi connectivity index (χ0n) is 5.85. The van der Waals surface area contributed by atoms with Gasteiger partial charge in [-0.15, -0.1) is 0 Å². The summed E-state index contributed by atoms with van der Waals surface area (Å²) < 4.78 is 25.4. The Morgan fingerprint density at radius 1 is 1.70 bits per heavy atom. The lowest BCUT2D eigenvalue weighted by molar-refractivity contribution is 0.345. The number of hydrogen-bond acceptors (Lipinski definition) is 2. The fourth-order valence-electron chi connectivity index (χ4n) is 1.19. The van der Waals surface area contributed by atoms with Gasteiger partial charge in [-0.25, -0.2) is 0 Å². The first kappa shape index (κ1) is 8.48. The van der Waals surface area contributed by atoms with Gasteiger partial charge >= 0.3 is 8.74 Å². The lowest BCUT2D eigenvalue weighted by atomic mass is 10.6. The quantitative estimate of drug-likeness (QED) is 0.366. The lowest BCUT2D eigenvalue weighted by Crippen LogP contribution is -2.30. The fraction of sp³-hybridized carbons (Fsp3) is 1.00. The highest BCUT2D eigenvalue weighted by molar-refractivity contribution is 7.81. The van der Waals surface area contributed by atoms with Crippen molar-refractivity contribution < 1.29 is 8.22 Å². The molecule has 0 aromatic carbocycles. The van der Waals surface area contributed by atoms with Crippen molar-refractivity contribution in [2.24, 2.45) is 0 Å². The molecule has 60 valence electrons. The minimum Gasteiger partial charge on any atom is -0.290 e. The van der Waals surface area contributed by atoms with Gasteiger partial charge in [-0.3, -0.25) is 13.1 Å². The van der Waals surface area contributed by atoms with Gasteiger partial charge in [0.15, 0.2) is 0 Å². The lowest BCUT2D eigenvalue weighted by Gasteiger charge is -2.15. The van der Waals surface area contributed by atoms with E-state index >= 15 is 0 Å². The molecule has 1 unspecified atom stereocenters. The highest BCUT2D eigenvalue weighted by Gasteiger charge is 2.47. The predicted molar refractivity (Wildman–Crippen MR) is 42.8 cm³/mol. The van der Waals surface area contributed by atoms with Gasteiger partial charge in [0.2, 0.25) is 0 Å². The second-order valence-electron chi connectivity index (χ2n) is 2.60. The van der Waals surface area contributed by atoms with Crippen LogP contribution in [0.25, 0.3) is 0 Å². The molecule has 0 N–H and O–H groups in total. The predicted octanol–water partition coefficient (Wildman–Crippen LogP) is 1.50. The van der Waals surface area contributed by atoms with Crippen molar-refractivity contribution in [2.75, 3.05) is 12.7 Å². The van der Waals surface area contributed by atoms with E-state index in [0.29, 0.717) is 6.54 Å². The third-order valence-corrected chi connectivity index (χ3v) is 4.45. The Labute approximate surface area is 66.2 Å². The molecule has 5 heteroatoms. The van der Waals surface area contributed by atoms with E-state index in [1.54, 1.807) is 4.90 Å². The Hall–Kier alpha value is 0.387. The molecule has 0 radical (unpaired) electrons. The van der Waals surface area contributed by atoms with Crippen LogP contribution in [0.15, 0.2) is 0 Å². The molecule has 0 aromatic heterocycles. The molecule has 1 fully saturated rings. The minimum atomic E-state index is -3.84. The second-order valence-corrected chi connectivity index (χ2v) is 5.64. The molecule has 1 rings (SSSR count). The van der Waals surface area contributed by atoms with Crippen LogP contribution in [0.4, 0.5) is 8.22 Å². The molecule has 10 heavy (non-hydrogen) atoms. The molecule has 1 nitrogen and oxygen atoms in total. The SMILES string of the molecule is CCN1C[Si](F)(F)CC1S. The first-order chi connectivity index (χ1) is 4.55. The van der Waals surface area contributed by atoms with Crippen molar-refractivity contribution >= 4 is 21.4 Å². The Bertz CT molecular complexity index is 133. The minimum absolute atomic E-state index is 0.0116. The van der Waals surface area contributed by atoms with E-state index < -0.39 is 8.74 Å². The highest BCUT2D eigenvalue weighted by atomic mass is 32.1. The van der Waals surface area contributed by atoms with Gasteiger partial charge in [-0.05, 0) is 6.54 Å². The van der Waals surface area contributed by atoms with Gasteiger partial charge < -0.3 is 0 Å². The Morgan fingerprint density at radius 3 is 2.50 bits per heavy atom. The molecule has 1 heterocycles. The monoisotopic (exact) mass is 183 g/mol. The van der Waals surface area contributed by atoms with Crippen molar-refractivity contribution in [3.8, 4) is 0 Å². The Balaban J connectivity index is 2.52. The van der Waals surface area contributed by atoms with Crippen molar-refractivity contribution in [2.45, 2.75) is 18.3 Å². The van der Waals surface area contributed by atoms with Crippen LogP contribution in [0.3, 0.4) is 0 Å². The summed E-state index contributed by atoms with van der Waals surface area (Å²) >= 11 is 4.06. The first-order valence-electron chi connectivity index (χ1n) is 3.35. The molecule has 0 aromatic rings. The molecule has 0 bridgehead atoms. The molecule has 1 aliphatic heterocycles. The van der Waals surface area contributed by atoms with Crippen molar-refractivity contribution in [3.05, 3.63) is 0 Å². The van der Waals surface area contributed by atoms with Crippen molar-refractivity contribution in [1.29, 1.82) is 0 Å². The van der Waals surface area contributed by atoms with Crippen LogP contribution < -0.4 is 0 Å². The van der Waals surface area contributed by atoms with Crippen LogP contribution in [0, 0.1) is 0 Å².